The molecule has 1 aliphatic rings. The van der Waals surface area contributed by atoms with Gasteiger partial charge in [-0.1, -0.05) is 0 Å². The van der Waals surface area contributed by atoms with Crippen LogP contribution >= 0.6 is 0 Å². The van der Waals surface area contributed by atoms with E-state index in [1.807, 2.05) is 39.0 Å². The molecule has 0 bridgehead atoms. The zero-order valence-electron chi connectivity index (χ0n) is 25.3. The van der Waals surface area contributed by atoms with E-state index in [4.69, 9.17) is 14.6 Å². The number of carboxylic acid groups (broad SMARTS) is 1. The number of carbonyl (C=O) groups is 2. The second kappa shape index (κ2) is 12.9. The van der Waals surface area contributed by atoms with Crippen LogP contribution in [0, 0.1) is 5.82 Å². The van der Waals surface area contributed by atoms with Crippen LogP contribution in [0.2, 0.25) is 0 Å². The average Bonchev–Trinajstić information content (AvgIpc) is 3.45. The average molecular weight is 601 g/mol. The van der Waals surface area contributed by atoms with Crippen molar-refractivity contribution in [1.82, 2.24) is 14.7 Å². The van der Waals surface area contributed by atoms with Crippen LogP contribution in [0.15, 0.2) is 72.9 Å². The van der Waals surface area contributed by atoms with E-state index in [1.54, 1.807) is 54.4 Å². The maximum absolute atomic E-state index is 13.7. The van der Waals surface area contributed by atoms with E-state index in [0.717, 1.165) is 37.2 Å². The van der Waals surface area contributed by atoms with Crippen molar-refractivity contribution in [3.05, 3.63) is 95.4 Å². The molecule has 1 saturated heterocycles. The minimum Gasteiger partial charge on any atom is -0.496 e. The van der Waals surface area contributed by atoms with Crippen LogP contribution < -0.4 is 14.8 Å². The van der Waals surface area contributed by atoms with Crippen LogP contribution in [0.1, 0.15) is 59.9 Å². The van der Waals surface area contributed by atoms with Gasteiger partial charge < -0.3 is 19.9 Å². The number of aromatic nitrogens is 2. The van der Waals surface area contributed by atoms with Gasteiger partial charge in [-0.05, 0) is 100 Å². The van der Waals surface area contributed by atoms with Crippen molar-refractivity contribution >= 4 is 17.6 Å². The van der Waals surface area contributed by atoms with Crippen molar-refractivity contribution in [2.75, 3.05) is 25.5 Å². The number of hydrogen-bond acceptors (Lipinski definition) is 6. The van der Waals surface area contributed by atoms with Crippen LogP contribution in [0.5, 0.6) is 11.5 Å². The summed E-state index contributed by atoms with van der Waals surface area (Å²) in [5.74, 6) is -0.237. The molecule has 4 aromatic rings. The molecule has 0 radical (unpaired) electrons. The lowest BCUT2D eigenvalue weighted by molar-refractivity contribution is 0.0696. The number of likely N-dealkylation sites (tertiary alicyclic amines) is 1. The van der Waals surface area contributed by atoms with Crippen LogP contribution in [0.25, 0.3) is 11.3 Å². The zero-order valence-corrected chi connectivity index (χ0v) is 25.3. The fourth-order valence-corrected chi connectivity index (χ4v) is 5.38. The molecule has 1 aromatic heterocycles. The van der Waals surface area contributed by atoms with Crippen LogP contribution in [0.4, 0.5) is 10.1 Å². The molecule has 2 N–H and O–H groups in total. The van der Waals surface area contributed by atoms with Crippen molar-refractivity contribution in [1.29, 1.82) is 0 Å². The number of piperidine rings is 1. The third-order valence-electron chi connectivity index (χ3n) is 7.64. The van der Waals surface area contributed by atoms with Gasteiger partial charge >= 0.3 is 5.97 Å². The summed E-state index contributed by atoms with van der Waals surface area (Å²) < 4.78 is 27.2. The fourth-order valence-electron chi connectivity index (χ4n) is 5.38. The Bertz CT molecular complexity index is 1620. The van der Waals surface area contributed by atoms with Crippen molar-refractivity contribution in [2.24, 2.45) is 0 Å². The quantitative estimate of drug-likeness (QED) is 0.228. The summed E-state index contributed by atoms with van der Waals surface area (Å²) in [6.07, 6.45) is 3.24. The molecule has 0 atom stereocenters. The molecule has 1 fully saturated rings. The molecule has 0 aliphatic carbocycles. The summed E-state index contributed by atoms with van der Waals surface area (Å²) >= 11 is 0. The third kappa shape index (κ3) is 7.08. The SMILES string of the molecule is COc1ccc(NC(=O)c2cnn(C(C)(C)C)c2-c2ccc(F)cc2)cc1CN1CCC(Oc2ccc(C(=O)O)cc2)CC1. The molecule has 0 unspecified atom stereocenters. The monoisotopic (exact) mass is 600 g/mol. The van der Waals surface area contributed by atoms with E-state index < -0.39 is 11.5 Å². The second-order valence-electron chi connectivity index (χ2n) is 11.9. The second-order valence-corrected chi connectivity index (χ2v) is 11.9. The normalized spacial score (nSPS) is 14.3. The number of nitrogens with zero attached hydrogens (tertiary/aromatic N) is 3. The number of benzene rings is 3. The molecule has 5 rings (SSSR count). The highest BCUT2D eigenvalue weighted by molar-refractivity contribution is 6.08. The lowest BCUT2D eigenvalue weighted by atomic mass is 10.0. The van der Waals surface area contributed by atoms with Crippen molar-refractivity contribution in [2.45, 2.75) is 51.8 Å². The van der Waals surface area contributed by atoms with Gasteiger partial charge in [-0.25, -0.2) is 9.18 Å². The summed E-state index contributed by atoms with van der Waals surface area (Å²) in [6.45, 7) is 8.25. The largest absolute Gasteiger partial charge is 0.496 e. The van der Waals surface area contributed by atoms with Gasteiger partial charge in [0.25, 0.3) is 5.91 Å². The Kier molecular flexibility index (Phi) is 9.01. The molecule has 10 heteroatoms. The molecule has 230 valence electrons. The van der Waals surface area contributed by atoms with Gasteiger partial charge in [0.2, 0.25) is 0 Å². The maximum Gasteiger partial charge on any atom is 0.335 e. The first-order valence-electron chi connectivity index (χ1n) is 14.6. The van der Waals surface area contributed by atoms with Crippen LogP contribution in [-0.2, 0) is 12.1 Å². The number of methoxy groups -OCH3 is 1. The van der Waals surface area contributed by atoms with E-state index in [1.165, 1.54) is 12.1 Å². The highest BCUT2D eigenvalue weighted by Gasteiger charge is 2.26. The van der Waals surface area contributed by atoms with Gasteiger partial charge in [-0.3, -0.25) is 14.4 Å². The summed E-state index contributed by atoms with van der Waals surface area (Å²) in [5.41, 5.74) is 3.10. The molecule has 1 amide bonds. The van der Waals surface area contributed by atoms with Gasteiger partial charge in [0.05, 0.1) is 35.7 Å². The molecule has 0 spiro atoms. The number of carbonyl (C=O) groups excluding carboxylic acids is 1. The zero-order chi connectivity index (χ0) is 31.4. The van der Waals surface area contributed by atoms with E-state index in [0.29, 0.717) is 34.8 Å². The summed E-state index contributed by atoms with van der Waals surface area (Å²) in [6, 6.07) is 18.1. The Morgan fingerprint density at radius 1 is 1.02 bits per heavy atom. The van der Waals surface area contributed by atoms with E-state index >= 15 is 0 Å². The van der Waals surface area contributed by atoms with Gasteiger partial charge in [0.1, 0.15) is 23.4 Å². The summed E-state index contributed by atoms with van der Waals surface area (Å²) in [4.78, 5) is 27.0. The number of anilines is 1. The first kappa shape index (κ1) is 30.7. The lowest BCUT2D eigenvalue weighted by Gasteiger charge is -2.32. The van der Waals surface area contributed by atoms with Gasteiger partial charge in [0.15, 0.2) is 0 Å². The molecular weight excluding hydrogens is 563 g/mol. The third-order valence-corrected chi connectivity index (χ3v) is 7.64. The minimum atomic E-state index is -0.963. The van der Waals surface area contributed by atoms with Crippen molar-refractivity contribution < 1.29 is 28.6 Å². The minimum absolute atomic E-state index is 0.0405. The number of nitrogens with one attached hydrogen (secondary N) is 1. The Hall–Kier alpha value is -4.70. The molecule has 2 heterocycles. The first-order chi connectivity index (χ1) is 21.0. The molecule has 9 nitrogen and oxygen atoms in total. The number of rotatable bonds is 9. The number of amides is 1. The number of hydrogen-bond donors (Lipinski definition) is 2. The Morgan fingerprint density at radius 2 is 1.70 bits per heavy atom. The van der Waals surface area contributed by atoms with Gasteiger partial charge in [-0.15, -0.1) is 0 Å². The Morgan fingerprint density at radius 3 is 2.32 bits per heavy atom. The summed E-state index contributed by atoms with van der Waals surface area (Å²) in [5, 5.41) is 16.6. The molecule has 44 heavy (non-hydrogen) atoms. The smallest absolute Gasteiger partial charge is 0.335 e. The molecule has 3 aromatic carbocycles. The number of aromatic carboxylic acids is 1. The van der Waals surface area contributed by atoms with E-state index in [2.05, 4.69) is 15.3 Å². The molecular formula is C34H37FN4O5. The predicted molar refractivity (Wildman–Crippen MR) is 166 cm³/mol. The van der Waals surface area contributed by atoms with Gasteiger partial charge in [-0.2, -0.15) is 5.10 Å². The number of ether oxygens (including phenoxy) is 2. The lowest BCUT2D eigenvalue weighted by Crippen LogP contribution is -2.37. The fraction of sp³-hybridized carbons (Fsp3) is 0.324. The predicted octanol–water partition coefficient (Wildman–Crippen LogP) is 6.45. The maximum atomic E-state index is 13.7. The number of halogens is 1. The van der Waals surface area contributed by atoms with E-state index in [-0.39, 0.29) is 23.4 Å². The van der Waals surface area contributed by atoms with Gasteiger partial charge in [0, 0.05) is 36.4 Å². The number of carboxylic acids is 1. The van der Waals surface area contributed by atoms with Crippen LogP contribution in [-0.4, -0.2) is 58.0 Å². The van der Waals surface area contributed by atoms with E-state index in [9.17, 15) is 14.0 Å². The molecule has 0 saturated carbocycles. The summed E-state index contributed by atoms with van der Waals surface area (Å²) in [7, 11) is 1.63. The Labute approximate surface area is 256 Å². The van der Waals surface area contributed by atoms with Crippen LogP contribution in [0.3, 0.4) is 0 Å². The molecule has 1 aliphatic heterocycles. The topological polar surface area (TPSA) is 106 Å². The highest BCUT2D eigenvalue weighted by atomic mass is 19.1. The highest BCUT2D eigenvalue weighted by Crippen LogP contribution is 2.31. The Balaban J connectivity index is 1.27. The standard InChI is InChI=1S/C34H37FN4O5/c1-34(2,3)39-31(22-5-9-25(35)10-6-22)29(20-36-39)32(40)37-26-11-14-30(43-4)24(19-26)21-38-17-15-28(16-18-38)44-27-12-7-23(8-13-27)33(41)42/h5-14,19-20,28H,15-18,21H2,1-4H3,(H,37,40)(H,41,42). The van der Waals surface area contributed by atoms with Crippen molar-refractivity contribution in [3.8, 4) is 22.8 Å². The first-order valence-corrected chi connectivity index (χ1v) is 14.6. The van der Waals surface area contributed by atoms with Crippen molar-refractivity contribution in [3.63, 3.8) is 0 Å².